The molecule has 0 radical (unpaired) electrons. The van der Waals surface area contributed by atoms with E-state index < -0.39 is 30.4 Å². The van der Waals surface area contributed by atoms with Crippen molar-refractivity contribution in [2.75, 3.05) is 0 Å². The van der Waals surface area contributed by atoms with Gasteiger partial charge in [-0.1, -0.05) is 12.1 Å². The van der Waals surface area contributed by atoms with Crippen LogP contribution in [-0.2, 0) is 12.6 Å². The molecule has 0 aliphatic rings. The Morgan fingerprint density at radius 3 is 1.95 bits per heavy atom. The van der Waals surface area contributed by atoms with Crippen LogP contribution in [0.3, 0.4) is 0 Å². The fourth-order valence-electron chi connectivity index (χ4n) is 1.80. The summed E-state index contributed by atoms with van der Waals surface area (Å²) in [6.45, 7) is 0. The molecule has 0 saturated heterocycles. The molecule has 0 saturated carbocycles. The Hall–Kier alpha value is -1.24. The number of alkyl halides is 6. The van der Waals surface area contributed by atoms with Crippen molar-refractivity contribution in [2.24, 2.45) is 5.73 Å². The monoisotopic (exact) mass is 299 g/mol. The van der Waals surface area contributed by atoms with Crippen LogP contribution in [0.2, 0.25) is 0 Å². The number of hydrogen-bond acceptors (Lipinski definition) is 1. The summed E-state index contributed by atoms with van der Waals surface area (Å²) >= 11 is 0. The topological polar surface area (TPSA) is 26.0 Å². The van der Waals surface area contributed by atoms with Gasteiger partial charge in [-0.25, -0.2) is 0 Å². The predicted molar refractivity (Wildman–Crippen MR) is 63.0 cm³/mol. The Balaban J connectivity index is 2.44. The lowest BCUT2D eigenvalue weighted by Gasteiger charge is -2.13. The number of halogens is 6. The number of benzene rings is 1. The van der Waals surface area contributed by atoms with Gasteiger partial charge in [0.2, 0.25) is 0 Å². The average Bonchev–Trinajstić information content (AvgIpc) is 2.26. The second-order valence-corrected chi connectivity index (χ2v) is 4.67. The first-order chi connectivity index (χ1) is 9.08. The van der Waals surface area contributed by atoms with Gasteiger partial charge in [0.15, 0.2) is 0 Å². The van der Waals surface area contributed by atoms with Crippen molar-refractivity contribution in [2.45, 2.75) is 44.1 Å². The standard InChI is InChI=1S/C13H15F6N/c14-12(15,16)7-1-2-11(20)8-9-3-5-10(6-4-9)13(17,18)19/h3-6,11H,1-2,7-8,20H2. The molecule has 114 valence electrons. The molecule has 0 fully saturated rings. The highest BCUT2D eigenvalue weighted by Crippen LogP contribution is 2.29. The van der Waals surface area contributed by atoms with Crippen molar-refractivity contribution in [3.8, 4) is 0 Å². The maximum Gasteiger partial charge on any atom is 0.416 e. The lowest BCUT2D eigenvalue weighted by Crippen LogP contribution is -2.23. The van der Waals surface area contributed by atoms with E-state index in [0.29, 0.717) is 5.56 Å². The van der Waals surface area contributed by atoms with Gasteiger partial charge >= 0.3 is 12.4 Å². The first kappa shape index (κ1) is 16.8. The van der Waals surface area contributed by atoms with Gasteiger partial charge < -0.3 is 5.73 Å². The van der Waals surface area contributed by atoms with Crippen LogP contribution in [0.1, 0.15) is 30.4 Å². The second kappa shape index (κ2) is 6.47. The summed E-state index contributed by atoms with van der Waals surface area (Å²) in [6.07, 6.45) is -9.13. The van der Waals surface area contributed by atoms with Gasteiger partial charge in [-0.2, -0.15) is 26.3 Å². The van der Waals surface area contributed by atoms with Crippen LogP contribution >= 0.6 is 0 Å². The summed E-state index contributed by atoms with van der Waals surface area (Å²) in [5.41, 5.74) is 5.49. The van der Waals surface area contributed by atoms with E-state index in [1.54, 1.807) is 0 Å². The van der Waals surface area contributed by atoms with Gasteiger partial charge in [0.05, 0.1) is 5.56 Å². The molecule has 2 N–H and O–H groups in total. The minimum Gasteiger partial charge on any atom is -0.327 e. The van der Waals surface area contributed by atoms with E-state index in [4.69, 9.17) is 5.73 Å². The average molecular weight is 299 g/mol. The van der Waals surface area contributed by atoms with Crippen LogP contribution in [0.25, 0.3) is 0 Å². The van der Waals surface area contributed by atoms with Crippen LogP contribution in [-0.4, -0.2) is 12.2 Å². The second-order valence-electron chi connectivity index (χ2n) is 4.67. The SMILES string of the molecule is NC(CCCC(F)(F)F)Cc1ccc(C(F)(F)F)cc1. The Bertz CT molecular complexity index is 406. The molecular formula is C13H15F6N. The zero-order valence-corrected chi connectivity index (χ0v) is 10.6. The number of nitrogens with two attached hydrogens (primary N) is 1. The van der Waals surface area contributed by atoms with E-state index in [1.165, 1.54) is 12.1 Å². The summed E-state index contributed by atoms with van der Waals surface area (Å²) < 4.78 is 72.8. The van der Waals surface area contributed by atoms with Crippen molar-refractivity contribution in [3.05, 3.63) is 35.4 Å². The normalized spacial score (nSPS) is 14.3. The molecule has 0 bridgehead atoms. The molecule has 0 spiro atoms. The summed E-state index contributed by atoms with van der Waals surface area (Å²) in [5, 5.41) is 0. The van der Waals surface area contributed by atoms with Gasteiger partial charge in [0, 0.05) is 12.5 Å². The largest absolute Gasteiger partial charge is 0.416 e. The minimum atomic E-state index is -4.40. The van der Waals surface area contributed by atoms with Crippen molar-refractivity contribution >= 4 is 0 Å². The van der Waals surface area contributed by atoms with E-state index in [2.05, 4.69) is 0 Å². The molecule has 1 rings (SSSR count). The summed E-state index contributed by atoms with van der Waals surface area (Å²) in [4.78, 5) is 0. The molecule has 1 aromatic carbocycles. The first-order valence-electron chi connectivity index (χ1n) is 6.06. The first-order valence-corrected chi connectivity index (χ1v) is 6.06. The van der Waals surface area contributed by atoms with Crippen molar-refractivity contribution in [1.29, 1.82) is 0 Å². The van der Waals surface area contributed by atoms with Crippen molar-refractivity contribution in [3.63, 3.8) is 0 Å². The Morgan fingerprint density at radius 2 is 1.50 bits per heavy atom. The maximum absolute atomic E-state index is 12.3. The quantitative estimate of drug-likeness (QED) is 0.806. The van der Waals surface area contributed by atoms with Crippen LogP contribution in [0, 0.1) is 0 Å². The van der Waals surface area contributed by atoms with Crippen LogP contribution in [0.5, 0.6) is 0 Å². The Morgan fingerprint density at radius 1 is 0.950 bits per heavy atom. The highest BCUT2D eigenvalue weighted by molar-refractivity contribution is 5.25. The van der Waals surface area contributed by atoms with Crippen LogP contribution in [0.15, 0.2) is 24.3 Å². The molecule has 1 nitrogen and oxygen atoms in total. The molecule has 7 heteroatoms. The van der Waals surface area contributed by atoms with Gasteiger partial charge in [0.25, 0.3) is 0 Å². The lowest BCUT2D eigenvalue weighted by atomic mass is 10.0. The van der Waals surface area contributed by atoms with E-state index in [-0.39, 0.29) is 19.3 Å². The molecule has 0 amide bonds. The molecule has 1 aromatic rings. The van der Waals surface area contributed by atoms with Crippen LogP contribution in [0.4, 0.5) is 26.3 Å². The fourth-order valence-corrected chi connectivity index (χ4v) is 1.80. The number of rotatable bonds is 5. The van der Waals surface area contributed by atoms with Crippen molar-refractivity contribution in [1.82, 2.24) is 0 Å². The van der Waals surface area contributed by atoms with Gasteiger partial charge in [-0.05, 0) is 37.0 Å². The molecule has 1 unspecified atom stereocenters. The summed E-state index contributed by atoms with van der Waals surface area (Å²) in [5.74, 6) is 0. The smallest absolute Gasteiger partial charge is 0.327 e. The number of hydrogen-bond donors (Lipinski definition) is 1. The maximum atomic E-state index is 12.3. The van der Waals surface area contributed by atoms with Gasteiger partial charge in [-0.15, -0.1) is 0 Å². The fraction of sp³-hybridized carbons (Fsp3) is 0.538. The molecule has 20 heavy (non-hydrogen) atoms. The van der Waals surface area contributed by atoms with E-state index in [0.717, 1.165) is 12.1 Å². The van der Waals surface area contributed by atoms with E-state index in [9.17, 15) is 26.3 Å². The van der Waals surface area contributed by atoms with Crippen molar-refractivity contribution < 1.29 is 26.3 Å². The van der Waals surface area contributed by atoms with Crippen LogP contribution < -0.4 is 5.73 Å². The highest BCUT2D eigenvalue weighted by Gasteiger charge is 2.30. The zero-order valence-electron chi connectivity index (χ0n) is 10.6. The Kier molecular flexibility index (Phi) is 5.44. The molecule has 0 aromatic heterocycles. The third-order valence-electron chi connectivity index (χ3n) is 2.81. The third-order valence-corrected chi connectivity index (χ3v) is 2.81. The molecule has 0 aliphatic carbocycles. The molecule has 1 atom stereocenters. The van der Waals surface area contributed by atoms with E-state index in [1.807, 2.05) is 0 Å². The molecule has 0 aliphatic heterocycles. The minimum absolute atomic E-state index is 0.0781. The lowest BCUT2D eigenvalue weighted by molar-refractivity contribution is -0.137. The summed E-state index contributed by atoms with van der Waals surface area (Å²) in [7, 11) is 0. The van der Waals surface area contributed by atoms with E-state index >= 15 is 0 Å². The van der Waals surface area contributed by atoms with Gasteiger partial charge in [-0.3, -0.25) is 0 Å². The molecule has 0 heterocycles. The van der Waals surface area contributed by atoms with Gasteiger partial charge in [0.1, 0.15) is 0 Å². The predicted octanol–water partition coefficient (Wildman–Crippen LogP) is 4.31. The zero-order chi connectivity index (χ0) is 15.4. The highest BCUT2D eigenvalue weighted by atomic mass is 19.4. The Labute approximate surface area is 112 Å². The molecular weight excluding hydrogens is 284 g/mol. The summed E-state index contributed by atoms with van der Waals surface area (Å²) in [6, 6.07) is 3.99. The third kappa shape index (κ3) is 6.27.